The molecule has 0 amide bonds. The Labute approximate surface area is 157 Å². The Bertz CT molecular complexity index is 1050. The van der Waals surface area contributed by atoms with Crippen molar-refractivity contribution in [3.63, 3.8) is 0 Å². The van der Waals surface area contributed by atoms with Crippen molar-refractivity contribution in [1.29, 1.82) is 0 Å². The van der Waals surface area contributed by atoms with Gasteiger partial charge in [0.05, 0.1) is 6.54 Å². The predicted octanol–water partition coefficient (Wildman–Crippen LogP) is 3.73. The van der Waals surface area contributed by atoms with Crippen LogP contribution in [0.3, 0.4) is 0 Å². The molecule has 0 radical (unpaired) electrons. The maximum atomic E-state index is 14.5. The van der Waals surface area contributed by atoms with Gasteiger partial charge < -0.3 is 10.6 Å². The molecule has 0 unspecified atom stereocenters. The maximum Gasteiger partial charge on any atom is 0.216 e. The second-order valence-corrected chi connectivity index (χ2v) is 6.78. The molecule has 5 nitrogen and oxygen atoms in total. The number of epoxide rings is 1. The highest BCUT2D eigenvalue weighted by atomic mass is 35.5. The summed E-state index contributed by atoms with van der Waals surface area (Å²) in [4.78, 5) is 0. The SMILES string of the molecule is Nn1cnn(C[C@@]2(c3ccc(F)cc3F)O[C@@H]2c2ccccc2Cl)c1=S. The van der Waals surface area contributed by atoms with E-state index in [4.69, 9.17) is 34.4 Å². The van der Waals surface area contributed by atoms with Crippen LogP contribution in [0.1, 0.15) is 17.2 Å². The molecule has 3 aromatic rings. The fourth-order valence-electron chi connectivity index (χ4n) is 3.10. The Kier molecular flexibility index (Phi) is 4.06. The molecule has 0 bridgehead atoms. The van der Waals surface area contributed by atoms with Crippen molar-refractivity contribution in [3.05, 3.63) is 81.3 Å². The van der Waals surface area contributed by atoms with Gasteiger partial charge in [-0.05, 0) is 24.4 Å². The van der Waals surface area contributed by atoms with Crippen LogP contribution in [-0.2, 0) is 16.9 Å². The molecule has 2 aromatic carbocycles. The lowest BCUT2D eigenvalue weighted by Gasteiger charge is -2.15. The Morgan fingerprint density at radius 2 is 2.04 bits per heavy atom. The third-order valence-corrected chi connectivity index (χ3v) is 5.18. The zero-order chi connectivity index (χ0) is 18.5. The van der Waals surface area contributed by atoms with E-state index in [0.29, 0.717) is 10.6 Å². The number of hydrogen-bond donors (Lipinski definition) is 1. The zero-order valence-electron chi connectivity index (χ0n) is 13.3. The highest BCUT2D eigenvalue weighted by Crippen LogP contribution is 2.59. The molecule has 1 aliphatic rings. The van der Waals surface area contributed by atoms with Crippen LogP contribution < -0.4 is 5.84 Å². The summed E-state index contributed by atoms with van der Waals surface area (Å²) in [6, 6.07) is 10.5. The Balaban J connectivity index is 1.82. The summed E-state index contributed by atoms with van der Waals surface area (Å²) in [7, 11) is 0. The number of nitrogens with two attached hydrogens (primary N) is 1. The molecule has 2 N–H and O–H groups in total. The molecule has 9 heteroatoms. The summed E-state index contributed by atoms with van der Waals surface area (Å²) in [6.45, 7) is 0.106. The molecule has 0 spiro atoms. The van der Waals surface area contributed by atoms with Crippen molar-refractivity contribution in [2.75, 3.05) is 5.84 Å². The lowest BCUT2D eigenvalue weighted by atomic mass is 9.91. The van der Waals surface area contributed by atoms with Crippen molar-refractivity contribution in [2.45, 2.75) is 18.2 Å². The quantitative estimate of drug-likeness (QED) is 0.416. The Morgan fingerprint density at radius 3 is 2.69 bits per heavy atom. The molecule has 1 fully saturated rings. The van der Waals surface area contributed by atoms with Gasteiger partial charge in [0.2, 0.25) is 4.77 Å². The van der Waals surface area contributed by atoms with Gasteiger partial charge in [-0.25, -0.2) is 18.1 Å². The monoisotopic (exact) mass is 394 g/mol. The third kappa shape index (κ3) is 2.70. The Hall–Kier alpha value is -2.29. The first-order valence-corrected chi connectivity index (χ1v) is 8.48. The molecule has 1 aromatic heterocycles. The van der Waals surface area contributed by atoms with E-state index >= 15 is 0 Å². The summed E-state index contributed by atoms with van der Waals surface area (Å²) >= 11 is 11.5. The van der Waals surface area contributed by atoms with E-state index in [9.17, 15) is 8.78 Å². The summed E-state index contributed by atoms with van der Waals surface area (Å²) in [5.41, 5.74) is -0.205. The fourth-order valence-corrected chi connectivity index (χ4v) is 3.50. The van der Waals surface area contributed by atoms with Crippen molar-refractivity contribution in [1.82, 2.24) is 14.5 Å². The minimum atomic E-state index is -1.12. The van der Waals surface area contributed by atoms with E-state index in [1.165, 1.54) is 27.8 Å². The van der Waals surface area contributed by atoms with E-state index in [-0.39, 0.29) is 16.9 Å². The first kappa shape index (κ1) is 17.1. The first-order valence-electron chi connectivity index (χ1n) is 7.70. The van der Waals surface area contributed by atoms with E-state index in [0.717, 1.165) is 6.07 Å². The van der Waals surface area contributed by atoms with Crippen LogP contribution in [-0.4, -0.2) is 14.5 Å². The minimum Gasteiger partial charge on any atom is -0.354 e. The average molecular weight is 395 g/mol. The second-order valence-electron chi connectivity index (χ2n) is 6.01. The van der Waals surface area contributed by atoms with Gasteiger partial charge in [0.1, 0.15) is 29.7 Å². The largest absolute Gasteiger partial charge is 0.354 e. The average Bonchev–Trinajstić information content (AvgIpc) is 3.23. The maximum absolute atomic E-state index is 14.5. The second kappa shape index (κ2) is 6.15. The van der Waals surface area contributed by atoms with Crippen LogP contribution in [0, 0.1) is 16.4 Å². The zero-order valence-corrected chi connectivity index (χ0v) is 14.8. The third-order valence-electron chi connectivity index (χ3n) is 4.41. The first-order chi connectivity index (χ1) is 12.4. The molecule has 26 heavy (non-hydrogen) atoms. The van der Waals surface area contributed by atoms with Gasteiger partial charge in [0.15, 0.2) is 0 Å². The van der Waals surface area contributed by atoms with Gasteiger partial charge in [-0.1, -0.05) is 35.9 Å². The summed E-state index contributed by atoms with van der Waals surface area (Å²) in [5, 5.41) is 4.60. The molecule has 134 valence electrons. The topological polar surface area (TPSA) is 61.3 Å². The van der Waals surface area contributed by atoms with Gasteiger partial charge in [-0.2, -0.15) is 5.10 Å². The van der Waals surface area contributed by atoms with Crippen molar-refractivity contribution < 1.29 is 13.5 Å². The number of nitrogens with zero attached hydrogens (tertiary/aromatic N) is 3. The molecule has 1 saturated heterocycles. The predicted molar refractivity (Wildman–Crippen MR) is 94.5 cm³/mol. The van der Waals surface area contributed by atoms with E-state index < -0.39 is 23.3 Å². The van der Waals surface area contributed by atoms with Crippen molar-refractivity contribution in [2.24, 2.45) is 0 Å². The number of rotatable bonds is 4. The molecule has 1 aliphatic heterocycles. The van der Waals surface area contributed by atoms with E-state index in [2.05, 4.69) is 5.10 Å². The van der Waals surface area contributed by atoms with Crippen LogP contribution in [0.25, 0.3) is 0 Å². The standard InChI is InChI=1S/C17H13ClF2N4OS/c18-13-4-2-1-3-11(13)15-17(25-15,8-24-16(26)23(21)9-22-24)12-6-5-10(19)7-14(12)20/h1-7,9,15H,8,21H2/t15-,17+/m1/s1. The lowest BCUT2D eigenvalue weighted by molar-refractivity contribution is 0.255. The van der Waals surface area contributed by atoms with Crippen molar-refractivity contribution in [3.8, 4) is 0 Å². The van der Waals surface area contributed by atoms with Gasteiger partial charge in [-0.15, -0.1) is 0 Å². The number of nitrogen functional groups attached to an aromatic ring is 1. The summed E-state index contributed by atoms with van der Waals surface area (Å²) in [5.74, 6) is 4.30. The van der Waals surface area contributed by atoms with Crippen LogP contribution in [0.2, 0.25) is 5.02 Å². The fraction of sp³-hybridized carbons (Fsp3) is 0.176. The minimum absolute atomic E-state index is 0.106. The number of ether oxygens (including phenoxy) is 1. The molecular weight excluding hydrogens is 382 g/mol. The molecular formula is C17H13ClF2N4OS. The number of halogens is 3. The lowest BCUT2D eigenvalue weighted by Crippen LogP contribution is -2.22. The van der Waals surface area contributed by atoms with Crippen LogP contribution in [0.15, 0.2) is 48.8 Å². The normalized spacial score (nSPS) is 21.7. The molecule has 2 atom stereocenters. The number of benzene rings is 2. The Morgan fingerprint density at radius 1 is 1.27 bits per heavy atom. The molecule has 4 rings (SSSR count). The number of hydrogen-bond acceptors (Lipinski definition) is 4. The summed E-state index contributed by atoms with van der Waals surface area (Å²) in [6.07, 6.45) is 0.824. The van der Waals surface area contributed by atoms with Gasteiger partial charge in [0, 0.05) is 22.2 Å². The smallest absolute Gasteiger partial charge is 0.216 e. The highest BCUT2D eigenvalue weighted by molar-refractivity contribution is 7.71. The number of aromatic nitrogens is 3. The van der Waals surface area contributed by atoms with E-state index in [1.807, 2.05) is 6.07 Å². The molecule has 0 saturated carbocycles. The molecule has 0 aliphatic carbocycles. The van der Waals surface area contributed by atoms with Gasteiger partial charge >= 0.3 is 0 Å². The van der Waals surface area contributed by atoms with Gasteiger partial charge in [0.25, 0.3) is 0 Å². The van der Waals surface area contributed by atoms with Gasteiger partial charge in [-0.3, -0.25) is 0 Å². The summed E-state index contributed by atoms with van der Waals surface area (Å²) < 4.78 is 36.7. The van der Waals surface area contributed by atoms with Crippen LogP contribution >= 0.6 is 23.8 Å². The van der Waals surface area contributed by atoms with E-state index in [1.54, 1.807) is 18.2 Å². The van der Waals surface area contributed by atoms with Crippen LogP contribution in [0.5, 0.6) is 0 Å². The van der Waals surface area contributed by atoms with Crippen molar-refractivity contribution >= 4 is 23.8 Å². The molecule has 2 heterocycles. The van der Waals surface area contributed by atoms with Crippen LogP contribution in [0.4, 0.5) is 8.78 Å². The highest BCUT2D eigenvalue weighted by Gasteiger charge is 2.61.